The maximum Gasteiger partial charge on any atom is 0.271 e. The molecule has 0 bridgehead atoms. The number of amides is 1. The van der Waals surface area contributed by atoms with E-state index in [1.54, 1.807) is 29.4 Å². The molecular weight excluding hydrogens is 296 g/mol. The second kappa shape index (κ2) is 5.96. The third-order valence-corrected chi connectivity index (χ3v) is 3.74. The molecule has 0 aromatic carbocycles. The Hall–Kier alpha value is -3.09. The topological polar surface area (TPSA) is 98.1 Å². The summed E-state index contributed by atoms with van der Waals surface area (Å²) in [7, 11) is 0. The Balaban J connectivity index is 1.77. The minimum absolute atomic E-state index is 0.0226. The molecule has 7 heteroatoms. The van der Waals surface area contributed by atoms with Crippen LogP contribution in [0, 0.1) is 0 Å². The van der Waals surface area contributed by atoms with E-state index in [4.69, 9.17) is 0 Å². The first-order valence-corrected chi connectivity index (χ1v) is 7.16. The molecule has 3 rings (SSSR count). The predicted molar refractivity (Wildman–Crippen MR) is 87.3 cm³/mol. The SMILES string of the molecule is C=CC(=O)N1CC(Nc2cc(-c3cc[nH]c(=O)c3)c[nH]c2=O)C1. The summed E-state index contributed by atoms with van der Waals surface area (Å²) in [6.07, 6.45) is 4.40. The van der Waals surface area contributed by atoms with Crippen molar-refractivity contribution in [2.45, 2.75) is 6.04 Å². The van der Waals surface area contributed by atoms with Gasteiger partial charge in [-0.05, 0) is 23.8 Å². The van der Waals surface area contributed by atoms with Crippen molar-refractivity contribution < 1.29 is 4.79 Å². The van der Waals surface area contributed by atoms with Crippen molar-refractivity contribution in [2.75, 3.05) is 18.4 Å². The largest absolute Gasteiger partial charge is 0.374 e. The molecule has 0 aliphatic carbocycles. The molecule has 3 heterocycles. The molecule has 3 N–H and O–H groups in total. The van der Waals surface area contributed by atoms with Gasteiger partial charge in [0.05, 0.1) is 6.04 Å². The average Bonchev–Trinajstić information content (AvgIpc) is 2.51. The number of nitrogens with zero attached hydrogens (tertiary/aromatic N) is 1. The van der Waals surface area contributed by atoms with E-state index in [0.29, 0.717) is 24.3 Å². The lowest BCUT2D eigenvalue weighted by Gasteiger charge is -2.39. The molecule has 0 atom stereocenters. The number of aromatic nitrogens is 2. The summed E-state index contributed by atoms with van der Waals surface area (Å²) in [5.41, 5.74) is 1.41. The number of H-pyrrole nitrogens is 2. The van der Waals surface area contributed by atoms with Gasteiger partial charge in [-0.2, -0.15) is 0 Å². The number of hydrogen-bond acceptors (Lipinski definition) is 4. The first-order valence-electron chi connectivity index (χ1n) is 7.16. The van der Waals surface area contributed by atoms with E-state index >= 15 is 0 Å². The summed E-state index contributed by atoms with van der Waals surface area (Å²) in [6.45, 7) is 4.50. The standard InChI is InChI=1S/C16H16N4O3/c1-2-15(22)20-8-12(9-20)19-13-5-11(7-18-16(13)23)10-3-4-17-14(21)6-10/h2-7,12,19H,1,8-9H2,(H,17,21)(H,18,23). The molecule has 2 aromatic heterocycles. The van der Waals surface area contributed by atoms with Gasteiger partial charge in [0, 0.05) is 37.1 Å². The van der Waals surface area contributed by atoms with Crippen LogP contribution in [0.3, 0.4) is 0 Å². The molecule has 118 valence electrons. The van der Waals surface area contributed by atoms with Crippen LogP contribution < -0.4 is 16.4 Å². The Morgan fingerprint density at radius 2 is 2.04 bits per heavy atom. The lowest BCUT2D eigenvalue weighted by molar-refractivity contribution is -0.129. The van der Waals surface area contributed by atoms with Crippen molar-refractivity contribution in [1.29, 1.82) is 0 Å². The van der Waals surface area contributed by atoms with E-state index in [0.717, 1.165) is 5.56 Å². The zero-order chi connectivity index (χ0) is 16.4. The minimum atomic E-state index is -0.243. The normalized spacial score (nSPS) is 14.2. The first-order chi connectivity index (χ1) is 11.1. The minimum Gasteiger partial charge on any atom is -0.374 e. The fraction of sp³-hybridized carbons (Fsp3) is 0.188. The van der Waals surface area contributed by atoms with Crippen LogP contribution in [-0.4, -0.2) is 39.9 Å². The average molecular weight is 312 g/mol. The van der Waals surface area contributed by atoms with Crippen LogP contribution >= 0.6 is 0 Å². The predicted octanol–water partition coefficient (Wildman–Crippen LogP) is 0.539. The van der Waals surface area contributed by atoms with Gasteiger partial charge in [-0.1, -0.05) is 6.58 Å². The van der Waals surface area contributed by atoms with Crippen molar-refractivity contribution in [2.24, 2.45) is 0 Å². The number of likely N-dealkylation sites (tertiary alicyclic amines) is 1. The van der Waals surface area contributed by atoms with Gasteiger partial charge in [0.2, 0.25) is 11.5 Å². The number of rotatable bonds is 4. The summed E-state index contributed by atoms with van der Waals surface area (Å²) in [5.74, 6) is -0.116. The highest BCUT2D eigenvalue weighted by Gasteiger charge is 2.29. The Kier molecular flexibility index (Phi) is 3.84. The Labute approximate surface area is 131 Å². The third kappa shape index (κ3) is 3.08. The molecule has 0 radical (unpaired) electrons. The van der Waals surface area contributed by atoms with Crippen LogP contribution in [0.1, 0.15) is 0 Å². The molecular formula is C16H16N4O3. The number of aromatic amines is 2. The van der Waals surface area contributed by atoms with E-state index in [1.165, 1.54) is 12.1 Å². The van der Waals surface area contributed by atoms with E-state index in [-0.39, 0.29) is 23.1 Å². The molecule has 0 saturated carbocycles. The number of hydrogen-bond donors (Lipinski definition) is 3. The van der Waals surface area contributed by atoms with Gasteiger partial charge in [0.1, 0.15) is 5.69 Å². The summed E-state index contributed by atoms with van der Waals surface area (Å²) in [6, 6.07) is 4.94. The van der Waals surface area contributed by atoms with Crippen molar-refractivity contribution in [1.82, 2.24) is 14.9 Å². The van der Waals surface area contributed by atoms with Gasteiger partial charge in [-0.25, -0.2) is 0 Å². The number of pyridine rings is 2. The van der Waals surface area contributed by atoms with E-state index < -0.39 is 0 Å². The number of carbonyl (C=O) groups is 1. The molecule has 0 spiro atoms. The zero-order valence-electron chi connectivity index (χ0n) is 12.3. The van der Waals surface area contributed by atoms with Crippen LogP contribution in [0.15, 0.2) is 52.8 Å². The summed E-state index contributed by atoms with van der Waals surface area (Å²) in [5, 5.41) is 3.12. The number of anilines is 1. The van der Waals surface area contributed by atoms with E-state index in [2.05, 4.69) is 21.9 Å². The fourth-order valence-electron chi connectivity index (χ4n) is 2.48. The molecule has 2 aromatic rings. The van der Waals surface area contributed by atoms with Crippen molar-refractivity contribution in [3.63, 3.8) is 0 Å². The zero-order valence-corrected chi connectivity index (χ0v) is 12.3. The lowest BCUT2D eigenvalue weighted by Crippen LogP contribution is -2.56. The molecule has 1 amide bonds. The Bertz CT molecular complexity index is 862. The molecule has 1 aliphatic heterocycles. The highest BCUT2D eigenvalue weighted by Crippen LogP contribution is 2.19. The van der Waals surface area contributed by atoms with Crippen LogP contribution in [0.2, 0.25) is 0 Å². The van der Waals surface area contributed by atoms with Gasteiger partial charge in [0.25, 0.3) is 5.56 Å². The number of nitrogens with one attached hydrogen (secondary N) is 3. The number of carbonyl (C=O) groups excluding carboxylic acids is 1. The fourth-order valence-corrected chi connectivity index (χ4v) is 2.48. The van der Waals surface area contributed by atoms with Crippen LogP contribution in [-0.2, 0) is 4.79 Å². The highest BCUT2D eigenvalue weighted by atomic mass is 16.2. The highest BCUT2D eigenvalue weighted by molar-refractivity contribution is 5.87. The van der Waals surface area contributed by atoms with Crippen molar-refractivity contribution >= 4 is 11.6 Å². The monoisotopic (exact) mass is 312 g/mol. The molecule has 23 heavy (non-hydrogen) atoms. The second-order valence-electron chi connectivity index (χ2n) is 5.36. The second-order valence-corrected chi connectivity index (χ2v) is 5.36. The van der Waals surface area contributed by atoms with Crippen LogP contribution in [0.5, 0.6) is 0 Å². The summed E-state index contributed by atoms with van der Waals surface area (Å²) >= 11 is 0. The lowest BCUT2D eigenvalue weighted by atomic mass is 10.1. The first kappa shape index (κ1) is 14.8. The maximum atomic E-state index is 11.9. The van der Waals surface area contributed by atoms with Gasteiger partial charge < -0.3 is 20.2 Å². The summed E-state index contributed by atoms with van der Waals surface area (Å²) in [4.78, 5) is 41.6. The molecule has 1 aliphatic rings. The quantitative estimate of drug-likeness (QED) is 0.718. The van der Waals surface area contributed by atoms with Crippen molar-refractivity contribution in [3.8, 4) is 11.1 Å². The Morgan fingerprint density at radius 1 is 1.26 bits per heavy atom. The van der Waals surface area contributed by atoms with Crippen molar-refractivity contribution in [3.05, 3.63) is 64.0 Å². The third-order valence-electron chi connectivity index (χ3n) is 3.74. The van der Waals surface area contributed by atoms with Gasteiger partial charge in [-0.15, -0.1) is 0 Å². The molecule has 1 saturated heterocycles. The van der Waals surface area contributed by atoms with Crippen LogP contribution in [0.25, 0.3) is 11.1 Å². The van der Waals surface area contributed by atoms with Crippen LogP contribution in [0.4, 0.5) is 5.69 Å². The molecule has 1 fully saturated rings. The maximum absolute atomic E-state index is 11.9. The molecule has 7 nitrogen and oxygen atoms in total. The van der Waals surface area contributed by atoms with E-state index in [1.807, 2.05) is 0 Å². The van der Waals surface area contributed by atoms with E-state index in [9.17, 15) is 14.4 Å². The molecule has 0 unspecified atom stereocenters. The Morgan fingerprint density at radius 3 is 2.74 bits per heavy atom. The van der Waals surface area contributed by atoms with Gasteiger partial charge in [-0.3, -0.25) is 14.4 Å². The summed E-state index contributed by atoms with van der Waals surface area (Å²) < 4.78 is 0. The van der Waals surface area contributed by atoms with Gasteiger partial charge in [0.15, 0.2) is 0 Å². The van der Waals surface area contributed by atoms with Gasteiger partial charge >= 0.3 is 0 Å². The smallest absolute Gasteiger partial charge is 0.271 e.